The number of aldehydes is 1. The van der Waals surface area contributed by atoms with Crippen molar-refractivity contribution in [1.82, 2.24) is 0 Å². The SMILES string of the molecule is COc1ccccc1Sc1cc(Cl)c(C=O)cc1Cl. The molecular weight excluding hydrogens is 303 g/mol. The summed E-state index contributed by atoms with van der Waals surface area (Å²) >= 11 is 13.6. The highest BCUT2D eigenvalue weighted by Crippen LogP contribution is 2.39. The van der Waals surface area contributed by atoms with Crippen molar-refractivity contribution in [2.75, 3.05) is 7.11 Å². The van der Waals surface area contributed by atoms with Gasteiger partial charge in [-0.15, -0.1) is 0 Å². The molecule has 0 aliphatic rings. The van der Waals surface area contributed by atoms with Crippen molar-refractivity contribution in [3.05, 3.63) is 52.0 Å². The van der Waals surface area contributed by atoms with Gasteiger partial charge in [0.2, 0.25) is 0 Å². The zero-order valence-electron chi connectivity index (χ0n) is 10.0. The Morgan fingerprint density at radius 1 is 1.11 bits per heavy atom. The summed E-state index contributed by atoms with van der Waals surface area (Å²) in [4.78, 5) is 12.5. The molecule has 0 saturated heterocycles. The van der Waals surface area contributed by atoms with Gasteiger partial charge in [-0.1, -0.05) is 47.1 Å². The highest BCUT2D eigenvalue weighted by atomic mass is 35.5. The van der Waals surface area contributed by atoms with E-state index in [2.05, 4.69) is 0 Å². The van der Waals surface area contributed by atoms with Gasteiger partial charge < -0.3 is 4.74 Å². The third-order valence-corrected chi connectivity index (χ3v) is 4.33. The topological polar surface area (TPSA) is 26.3 Å². The van der Waals surface area contributed by atoms with E-state index in [-0.39, 0.29) is 0 Å². The molecule has 0 aliphatic heterocycles. The van der Waals surface area contributed by atoms with Crippen molar-refractivity contribution in [3.63, 3.8) is 0 Å². The fourth-order valence-corrected chi connectivity index (χ4v) is 3.06. The van der Waals surface area contributed by atoms with E-state index in [4.69, 9.17) is 27.9 Å². The highest BCUT2D eigenvalue weighted by Gasteiger charge is 2.10. The first-order valence-corrected chi connectivity index (χ1v) is 6.98. The Labute approximate surface area is 125 Å². The minimum Gasteiger partial charge on any atom is -0.496 e. The summed E-state index contributed by atoms with van der Waals surface area (Å²) in [6.07, 6.45) is 0.686. The van der Waals surface area contributed by atoms with Gasteiger partial charge in [-0.05, 0) is 24.3 Å². The van der Waals surface area contributed by atoms with E-state index < -0.39 is 0 Å². The van der Waals surface area contributed by atoms with Crippen LogP contribution < -0.4 is 4.74 Å². The molecular formula is C14H10Cl2O2S. The normalized spacial score (nSPS) is 10.3. The van der Waals surface area contributed by atoms with Crippen molar-refractivity contribution >= 4 is 41.2 Å². The van der Waals surface area contributed by atoms with Crippen LogP contribution in [0.5, 0.6) is 5.75 Å². The number of para-hydroxylation sites is 1. The number of halogens is 2. The summed E-state index contributed by atoms with van der Waals surface area (Å²) in [7, 11) is 1.61. The molecule has 0 saturated carbocycles. The Balaban J connectivity index is 2.38. The van der Waals surface area contributed by atoms with Gasteiger partial charge in [0, 0.05) is 10.5 Å². The summed E-state index contributed by atoms with van der Waals surface area (Å²) < 4.78 is 5.28. The predicted octanol–water partition coefficient (Wildman–Crippen LogP) is 4.97. The molecule has 0 N–H and O–H groups in total. The fraction of sp³-hybridized carbons (Fsp3) is 0.0714. The van der Waals surface area contributed by atoms with E-state index in [1.807, 2.05) is 24.3 Å². The molecule has 0 heterocycles. The van der Waals surface area contributed by atoms with Crippen LogP contribution >= 0.6 is 35.0 Å². The van der Waals surface area contributed by atoms with Crippen LogP contribution in [0.2, 0.25) is 10.0 Å². The number of hydrogen-bond donors (Lipinski definition) is 0. The van der Waals surface area contributed by atoms with E-state index in [0.717, 1.165) is 15.5 Å². The average Bonchev–Trinajstić information content (AvgIpc) is 2.43. The van der Waals surface area contributed by atoms with Crippen LogP contribution in [0.15, 0.2) is 46.2 Å². The Morgan fingerprint density at radius 3 is 2.53 bits per heavy atom. The van der Waals surface area contributed by atoms with E-state index in [9.17, 15) is 4.79 Å². The first kappa shape index (κ1) is 14.3. The minimum atomic E-state index is 0.385. The van der Waals surface area contributed by atoms with Crippen LogP contribution in [0.4, 0.5) is 0 Å². The van der Waals surface area contributed by atoms with Crippen molar-refractivity contribution in [3.8, 4) is 5.75 Å². The van der Waals surface area contributed by atoms with E-state index >= 15 is 0 Å². The van der Waals surface area contributed by atoms with Crippen LogP contribution in [-0.4, -0.2) is 13.4 Å². The number of carbonyl (C=O) groups excluding carboxylic acids is 1. The van der Waals surface area contributed by atoms with Gasteiger partial charge in [0.05, 0.1) is 22.1 Å². The van der Waals surface area contributed by atoms with Gasteiger partial charge >= 0.3 is 0 Å². The van der Waals surface area contributed by atoms with Crippen molar-refractivity contribution in [2.24, 2.45) is 0 Å². The number of benzene rings is 2. The summed E-state index contributed by atoms with van der Waals surface area (Å²) in [5, 5.41) is 0.874. The molecule has 5 heteroatoms. The first-order valence-electron chi connectivity index (χ1n) is 5.41. The van der Waals surface area contributed by atoms with Gasteiger partial charge in [0.1, 0.15) is 5.75 Å². The average molecular weight is 313 g/mol. The monoisotopic (exact) mass is 312 g/mol. The van der Waals surface area contributed by atoms with Gasteiger partial charge in [-0.25, -0.2) is 0 Å². The maximum Gasteiger partial charge on any atom is 0.151 e. The second-order valence-electron chi connectivity index (χ2n) is 3.67. The molecule has 0 aromatic heterocycles. The van der Waals surface area contributed by atoms with Gasteiger partial charge in [0.15, 0.2) is 6.29 Å². The standard InChI is InChI=1S/C14H10Cl2O2S/c1-18-12-4-2-3-5-13(12)19-14-7-10(15)9(8-17)6-11(14)16/h2-8H,1H3. The second-order valence-corrected chi connectivity index (χ2v) is 5.57. The Bertz CT molecular complexity index is 614. The number of rotatable bonds is 4. The summed E-state index contributed by atoms with van der Waals surface area (Å²) in [5.41, 5.74) is 0.385. The maximum atomic E-state index is 10.8. The Hall–Kier alpha value is -1.16. The largest absolute Gasteiger partial charge is 0.496 e. The quantitative estimate of drug-likeness (QED) is 0.746. The third kappa shape index (κ3) is 3.24. The first-order chi connectivity index (χ1) is 9.15. The van der Waals surface area contributed by atoms with Crippen molar-refractivity contribution in [1.29, 1.82) is 0 Å². The lowest BCUT2D eigenvalue weighted by Gasteiger charge is -2.09. The van der Waals surface area contributed by atoms with Crippen LogP contribution in [0.1, 0.15) is 10.4 Å². The smallest absolute Gasteiger partial charge is 0.151 e. The van der Waals surface area contributed by atoms with E-state index in [1.54, 1.807) is 19.2 Å². The third-order valence-electron chi connectivity index (χ3n) is 2.47. The summed E-state index contributed by atoms with van der Waals surface area (Å²) in [6, 6.07) is 10.9. The zero-order chi connectivity index (χ0) is 13.8. The van der Waals surface area contributed by atoms with Gasteiger partial charge in [0.25, 0.3) is 0 Å². The molecule has 19 heavy (non-hydrogen) atoms. The predicted molar refractivity (Wildman–Crippen MR) is 79.0 cm³/mol. The lowest BCUT2D eigenvalue weighted by atomic mass is 10.2. The van der Waals surface area contributed by atoms with Crippen LogP contribution in [0, 0.1) is 0 Å². The number of carbonyl (C=O) groups is 1. The molecule has 0 spiro atoms. The molecule has 0 atom stereocenters. The van der Waals surface area contributed by atoms with E-state index in [1.165, 1.54) is 11.8 Å². The lowest BCUT2D eigenvalue weighted by molar-refractivity contribution is 0.112. The number of ether oxygens (including phenoxy) is 1. The molecule has 0 fully saturated rings. The second kappa shape index (κ2) is 6.33. The lowest BCUT2D eigenvalue weighted by Crippen LogP contribution is -1.87. The molecule has 0 unspecified atom stereocenters. The molecule has 0 aliphatic carbocycles. The Morgan fingerprint density at radius 2 is 1.84 bits per heavy atom. The molecule has 2 rings (SSSR count). The number of methoxy groups -OCH3 is 1. The fourth-order valence-electron chi connectivity index (χ4n) is 1.53. The summed E-state index contributed by atoms with van der Waals surface area (Å²) in [5.74, 6) is 0.763. The highest BCUT2D eigenvalue weighted by molar-refractivity contribution is 7.99. The van der Waals surface area contributed by atoms with Crippen LogP contribution in [0.25, 0.3) is 0 Å². The molecule has 0 amide bonds. The van der Waals surface area contributed by atoms with Gasteiger partial charge in [-0.3, -0.25) is 4.79 Å². The van der Waals surface area contributed by atoms with Crippen LogP contribution in [0.3, 0.4) is 0 Å². The molecule has 0 bridgehead atoms. The van der Waals surface area contributed by atoms with Crippen LogP contribution in [-0.2, 0) is 0 Å². The molecule has 98 valence electrons. The summed E-state index contributed by atoms with van der Waals surface area (Å²) in [6.45, 7) is 0. The van der Waals surface area contributed by atoms with Crippen molar-refractivity contribution < 1.29 is 9.53 Å². The maximum absolute atomic E-state index is 10.8. The Kier molecular flexibility index (Phi) is 4.75. The molecule has 2 nitrogen and oxygen atoms in total. The van der Waals surface area contributed by atoms with Gasteiger partial charge in [-0.2, -0.15) is 0 Å². The molecule has 2 aromatic carbocycles. The minimum absolute atomic E-state index is 0.385. The zero-order valence-corrected chi connectivity index (χ0v) is 12.4. The van der Waals surface area contributed by atoms with Crippen molar-refractivity contribution in [2.45, 2.75) is 9.79 Å². The van der Waals surface area contributed by atoms with E-state index in [0.29, 0.717) is 21.9 Å². The number of hydrogen-bond acceptors (Lipinski definition) is 3. The molecule has 0 radical (unpaired) electrons. The molecule has 2 aromatic rings.